The van der Waals surface area contributed by atoms with Crippen molar-refractivity contribution >= 4 is 5.91 Å². The Morgan fingerprint density at radius 2 is 1.82 bits per heavy atom. The molecule has 128 valence electrons. The van der Waals surface area contributed by atoms with Crippen LogP contribution in [-0.4, -0.2) is 71.5 Å². The van der Waals surface area contributed by atoms with Crippen molar-refractivity contribution in [1.29, 1.82) is 0 Å². The molecule has 0 spiro atoms. The first-order valence-corrected chi connectivity index (χ1v) is 8.42. The highest BCUT2D eigenvalue weighted by Crippen LogP contribution is 2.29. The lowest BCUT2D eigenvalue weighted by molar-refractivity contribution is -0.145. The van der Waals surface area contributed by atoms with Crippen molar-refractivity contribution in [3.05, 3.63) is 0 Å². The fourth-order valence-corrected chi connectivity index (χ4v) is 3.20. The topological polar surface area (TPSA) is 26.8 Å². The lowest BCUT2D eigenvalue weighted by atomic mass is 10.0. The second-order valence-corrected chi connectivity index (χ2v) is 7.06. The highest BCUT2D eigenvalue weighted by molar-refractivity contribution is 5.76. The number of likely N-dealkylation sites (tertiary alicyclic amines) is 1. The third kappa shape index (κ3) is 4.62. The number of carbonyl (C=O) groups excluding carboxylic acids is 1. The summed E-state index contributed by atoms with van der Waals surface area (Å²) in [6, 6.07) is 0.602. The second-order valence-electron chi connectivity index (χ2n) is 7.06. The Labute approximate surface area is 132 Å². The van der Waals surface area contributed by atoms with Crippen LogP contribution < -0.4 is 0 Å². The molecule has 0 aromatic heterocycles. The zero-order valence-electron chi connectivity index (χ0n) is 14.0. The average Bonchev–Trinajstić information content (AvgIpc) is 2.44. The van der Waals surface area contributed by atoms with Crippen LogP contribution in [0.5, 0.6) is 0 Å². The summed E-state index contributed by atoms with van der Waals surface area (Å²) in [5, 5.41) is 0. The minimum atomic E-state index is -2.50. The van der Waals surface area contributed by atoms with E-state index < -0.39 is 5.92 Å². The van der Waals surface area contributed by atoms with Gasteiger partial charge in [-0.1, -0.05) is 0 Å². The van der Waals surface area contributed by atoms with Crippen LogP contribution in [-0.2, 0) is 4.79 Å². The summed E-state index contributed by atoms with van der Waals surface area (Å²) in [6.45, 7) is 8.65. The fourth-order valence-electron chi connectivity index (χ4n) is 3.20. The molecular weight excluding hydrogens is 288 g/mol. The minimum absolute atomic E-state index is 0.127. The molecule has 2 aliphatic heterocycles. The van der Waals surface area contributed by atoms with Gasteiger partial charge in [0, 0.05) is 31.6 Å². The smallest absolute Gasteiger partial charge is 0.272 e. The molecule has 0 radical (unpaired) electrons. The summed E-state index contributed by atoms with van der Waals surface area (Å²) < 4.78 is 25.7. The maximum absolute atomic E-state index is 12.8. The van der Waals surface area contributed by atoms with Crippen LogP contribution in [0.4, 0.5) is 8.78 Å². The van der Waals surface area contributed by atoms with Crippen LogP contribution in [0.25, 0.3) is 0 Å². The predicted octanol–water partition coefficient (Wildman–Crippen LogP) is 2.40. The molecule has 0 aromatic carbocycles. The van der Waals surface area contributed by atoms with Crippen molar-refractivity contribution in [3.63, 3.8) is 0 Å². The number of rotatable bonds is 6. The number of halogens is 2. The first-order valence-electron chi connectivity index (χ1n) is 8.42. The van der Waals surface area contributed by atoms with E-state index >= 15 is 0 Å². The first-order chi connectivity index (χ1) is 10.3. The summed E-state index contributed by atoms with van der Waals surface area (Å²) in [5.41, 5.74) is 0. The number of hydrogen-bond acceptors (Lipinski definition) is 3. The molecule has 2 saturated heterocycles. The summed E-state index contributed by atoms with van der Waals surface area (Å²) in [4.78, 5) is 18.3. The largest absolute Gasteiger partial charge is 0.330 e. The number of carbonyl (C=O) groups is 1. The van der Waals surface area contributed by atoms with Gasteiger partial charge in [0.15, 0.2) is 0 Å². The maximum Gasteiger partial charge on any atom is 0.272 e. The molecule has 0 N–H and O–H groups in total. The van der Waals surface area contributed by atoms with Crippen molar-refractivity contribution in [2.24, 2.45) is 0 Å². The number of alkyl halides is 2. The van der Waals surface area contributed by atoms with Gasteiger partial charge in [-0.05, 0) is 40.0 Å². The molecule has 1 atom stereocenters. The lowest BCUT2D eigenvalue weighted by Gasteiger charge is -2.42. The van der Waals surface area contributed by atoms with Gasteiger partial charge in [-0.2, -0.15) is 0 Å². The monoisotopic (exact) mass is 317 g/mol. The molecule has 0 aromatic rings. The van der Waals surface area contributed by atoms with Gasteiger partial charge in [0.05, 0.1) is 19.8 Å². The van der Waals surface area contributed by atoms with E-state index in [4.69, 9.17) is 0 Å². The second kappa shape index (κ2) is 7.21. The summed E-state index contributed by atoms with van der Waals surface area (Å²) in [5.74, 6) is -2.30. The molecule has 6 heteroatoms. The van der Waals surface area contributed by atoms with Crippen LogP contribution in [0.3, 0.4) is 0 Å². The van der Waals surface area contributed by atoms with E-state index in [9.17, 15) is 13.6 Å². The highest BCUT2D eigenvalue weighted by atomic mass is 19.3. The molecule has 0 bridgehead atoms. The highest BCUT2D eigenvalue weighted by Gasteiger charge is 2.45. The average molecular weight is 317 g/mol. The van der Waals surface area contributed by atoms with Crippen LogP contribution in [0.15, 0.2) is 0 Å². The lowest BCUT2D eigenvalue weighted by Crippen LogP contribution is -2.59. The maximum atomic E-state index is 12.8. The van der Waals surface area contributed by atoms with Crippen LogP contribution in [0.1, 0.15) is 46.5 Å². The Kier molecular flexibility index (Phi) is 5.77. The summed E-state index contributed by atoms with van der Waals surface area (Å²) >= 11 is 0. The summed E-state index contributed by atoms with van der Waals surface area (Å²) in [6.07, 6.45) is 3.15. The Morgan fingerprint density at radius 3 is 2.41 bits per heavy atom. The third-order valence-corrected chi connectivity index (χ3v) is 4.81. The van der Waals surface area contributed by atoms with Crippen molar-refractivity contribution in [1.82, 2.24) is 14.7 Å². The van der Waals surface area contributed by atoms with E-state index in [1.54, 1.807) is 4.90 Å². The molecule has 2 aliphatic rings. The van der Waals surface area contributed by atoms with Crippen LogP contribution >= 0.6 is 0 Å². The van der Waals surface area contributed by atoms with E-state index in [-0.39, 0.29) is 25.0 Å². The molecular formula is C16H29F2N3O. The normalized spacial score (nSPS) is 24.4. The number of amides is 1. The summed E-state index contributed by atoms with van der Waals surface area (Å²) in [7, 11) is 0. The van der Waals surface area contributed by atoms with E-state index in [0.717, 1.165) is 39.0 Å². The molecule has 1 amide bonds. The van der Waals surface area contributed by atoms with E-state index in [2.05, 4.69) is 18.7 Å². The third-order valence-electron chi connectivity index (χ3n) is 4.81. The zero-order valence-corrected chi connectivity index (χ0v) is 14.0. The Morgan fingerprint density at radius 1 is 1.14 bits per heavy atom. The van der Waals surface area contributed by atoms with Crippen molar-refractivity contribution < 1.29 is 13.6 Å². The molecule has 2 rings (SSSR count). The zero-order chi connectivity index (χ0) is 16.3. The first kappa shape index (κ1) is 17.6. The van der Waals surface area contributed by atoms with Gasteiger partial charge in [0.1, 0.15) is 0 Å². The van der Waals surface area contributed by atoms with Crippen LogP contribution in [0, 0.1) is 0 Å². The van der Waals surface area contributed by atoms with E-state index in [1.807, 2.05) is 11.8 Å². The van der Waals surface area contributed by atoms with Gasteiger partial charge in [-0.25, -0.2) is 8.78 Å². The van der Waals surface area contributed by atoms with Gasteiger partial charge >= 0.3 is 0 Å². The minimum Gasteiger partial charge on any atom is -0.330 e. The molecule has 1 unspecified atom stereocenters. The number of nitrogens with zero attached hydrogens (tertiary/aromatic N) is 3. The molecule has 22 heavy (non-hydrogen) atoms. The van der Waals surface area contributed by atoms with E-state index in [1.165, 1.54) is 0 Å². The van der Waals surface area contributed by atoms with E-state index in [0.29, 0.717) is 12.5 Å². The molecule has 0 aliphatic carbocycles. The van der Waals surface area contributed by atoms with Gasteiger partial charge < -0.3 is 4.90 Å². The molecule has 4 nitrogen and oxygen atoms in total. The van der Waals surface area contributed by atoms with Gasteiger partial charge in [-0.3, -0.25) is 14.6 Å². The number of hydrogen-bond donors (Lipinski definition) is 0. The molecule has 0 saturated carbocycles. The van der Waals surface area contributed by atoms with Crippen molar-refractivity contribution in [2.75, 3.05) is 32.8 Å². The van der Waals surface area contributed by atoms with Gasteiger partial charge in [-0.15, -0.1) is 0 Å². The molecule has 2 heterocycles. The Bertz CT molecular complexity index is 382. The fraction of sp³-hybridized carbons (Fsp3) is 0.938. The quantitative estimate of drug-likeness (QED) is 0.753. The Hall–Kier alpha value is -0.750. The SMILES string of the molecule is CC(C)N1CCCN(C(=O)CCCC(C)N2CC(F)(F)C2)C1. The van der Waals surface area contributed by atoms with Gasteiger partial charge in [0.25, 0.3) is 5.92 Å². The van der Waals surface area contributed by atoms with Crippen molar-refractivity contribution in [3.8, 4) is 0 Å². The van der Waals surface area contributed by atoms with Gasteiger partial charge in [0.2, 0.25) is 5.91 Å². The Balaban J connectivity index is 1.65. The predicted molar refractivity (Wildman–Crippen MR) is 82.9 cm³/mol. The van der Waals surface area contributed by atoms with Crippen molar-refractivity contribution in [2.45, 2.75) is 64.5 Å². The molecule has 2 fully saturated rings. The van der Waals surface area contributed by atoms with Crippen LogP contribution in [0.2, 0.25) is 0 Å². The standard InChI is InChI=1S/C16H29F2N3O/c1-13(2)19-8-5-9-20(12-19)15(22)7-4-6-14(3)21-10-16(17,18)11-21/h13-14H,4-12H2,1-3H3.